The Balaban J connectivity index is 2.12. The molecule has 0 fully saturated rings. The second-order valence-electron chi connectivity index (χ2n) is 9.65. The normalized spacial score (nSPS) is 11.1. The van der Waals surface area contributed by atoms with Gasteiger partial charge in [0.2, 0.25) is 0 Å². The third-order valence-electron chi connectivity index (χ3n) is 6.67. The van der Waals surface area contributed by atoms with E-state index in [0.29, 0.717) is 4.90 Å². The second-order valence-corrected chi connectivity index (χ2v) is 9.65. The number of aromatic hydroxyl groups is 1. The molecule has 0 atom stereocenters. The molecule has 228 valence electrons. The first-order chi connectivity index (χ1) is 20.8. The van der Waals surface area contributed by atoms with Gasteiger partial charge in [-0.1, -0.05) is 18.2 Å². The highest BCUT2D eigenvalue weighted by molar-refractivity contribution is 6.08. The first-order valence-corrected chi connectivity index (χ1v) is 12.7. The summed E-state index contributed by atoms with van der Waals surface area (Å²) in [5.41, 5.74) is -1.03. The number of hydrogen-bond acceptors (Lipinski definition) is 9. The summed E-state index contributed by atoms with van der Waals surface area (Å²) in [6, 6.07) is 10.9. The van der Waals surface area contributed by atoms with Crippen LogP contribution in [0.5, 0.6) is 5.75 Å². The number of carbonyl (C=O) groups is 5. The molecule has 0 saturated heterocycles. The monoisotopic (exact) mass is 608 g/mol. The van der Waals surface area contributed by atoms with Crippen molar-refractivity contribution >= 4 is 40.9 Å². The van der Waals surface area contributed by atoms with Crippen molar-refractivity contribution in [3.63, 3.8) is 0 Å². The van der Waals surface area contributed by atoms with Crippen molar-refractivity contribution in [3.8, 4) is 28.2 Å². The third-order valence-corrected chi connectivity index (χ3v) is 6.67. The molecule has 15 heteroatoms. The number of phenolic OH excluding ortho intramolecular Hbond substituents is 1. The lowest BCUT2D eigenvalue weighted by atomic mass is 9.88. The Morgan fingerprint density at radius 1 is 0.705 bits per heavy atom. The molecular weight excluding hydrogens is 584 g/mol. The summed E-state index contributed by atoms with van der Waals surface area (Å²) in [5, 5.41) is 58.5. The molecule has 44 heavy (non-hydrogen) atoms. The van der Waals surface area contributed by atoms with Crippen LogP contribution in [0.1, 0.15) is 21.5 Å². The van der Waals surface area contributed by atoms with Crippen LogP contribution >= 0.6 is 0 Å². The molecule has 0 spiro atoms. The Kier molecular flexibility index (Phi) is 8.80. The lowest BCUT2D eigenvalue weighted by Crippen LogP contribution is -2.35. The summed E-state index contributed by atoms with van der Waals surface area (Å²) in [4.78, 5) is 72.8. The van der Waals surface area contributed by atoms with Gasteiger partial charge >= 0.3 is 30.0 Å². The highest BCUT2D eigenvalue weighted by Crippen LogP contribution is 2.45. The van der Waals surface area contributed by atoms with Crippen LogP contribution in [0.15, 0.2) is 57.7 Å². The van der Waals surface area contributed by atoms with Crippen molar-refractivity contribution in [1.82, 2.24) is 9.80 Å². The number of rotatable bonds is 12. The van der Waals surface area contributed by atoms with Crippen LogP contribution < -0.4 is 5.43 Å². The topological polar surface area (TPSA) is 243 Å². The fraction of sp³-hybridized carbons (Fsp3) is 0.172. The van der Waals surface area contributed by atoms with Crippen molar-refractivity contribution in [2.45, 2.75) is 13.1 Å². The van der Waals surface area contributed by atoms with Crippen LogP contribution in [0.2, 0.25) is 0 Å². The molecule has 2 aromatic rings. The van der Waals surface area contributed by atoms with Gasteiger partial charge in [-0.3, -0.25) is 29.0 Å². The van der Waals surface area contributed by atoms with Gasteiger partial charge in [0.25, 0.3) is 0 Å². The Labute approximate surface area is 246 Å². The van der Waals surface area contributed by atoms with E-state index in [1.807, 2.05) is 0 Å². The first kappa shape index (κ1) is 31.0. The minimum Gasteiger partial charge on any atom is -0.507 e. The van der Waals surface area contributed by atoms with Gasteiger partial charge in [-0.25, -0.2) is 9.59 Å². The smallest absolute Gasteiger partial charge is 0.408 e. The number of aromatic carboxylic acids is 1. The molecule has 0 aromatic heterocycles. The summed E-state index contributed by atoms with van der Waals surface area (Å²) < 4.78 is 6.13. The van der Waals surface area contributed by atoms with Crippen LogP contribution in [-0.4, -0.2) is 90.0 Å². The fourth-order valence-corrected chi connectivity index (χ4v) is 4.90. The van der Waals surface area contributed by atoms with Gasteiger partial charge in [0.1, 0.15) is 23.6 Å². The summed E-state index contributed by atoms with van der Waals surface area (Å²) in [6.45, 7) is -3.71. The van der Waals surface area contributed by atoms with Gasteiger partial charge in [0, 0.05) is 23.1 Å². The molecule has 0 bridgehead atoms. The van der Waals surface area contributed by atoms with Gasteiger partial charge in [-0.15, -0.1) is 0 Å². The van der Waals surface area contributed by atoms with Gasteiger partial charge in [0.15, 0.2) is 5.43 Å². The average Bonchev–Trinajstić information content (AvgIpc) is 2.93. The summed E-state index contributed by atoms with van der Waals surface area (Å²) in [6.07, 6.45) is -1.66. The number of benzene rings is 3. The van der Waals surface area contributed by atoms with Gasteiger partial charge in [-0.2, -0.15) is 0 Å². The van der Waals surface area contributed by atoms with Crippen molar-refractivity contribution in [2.24, 2.45) is 0 Å². The summed E-state index contributed by atoms with van der Waals surface area (Å²) in [5.74, 6) is -6.24. The Morgan fingerprint density at radius 2 is 1.34 bits per heavy atom. The molecule has 1 amide bonds. The second kappa shape index (κ2) is 12.5. The third kappa shape index (κ3) is 6.42. The van der Waals surface area contributed by atoms with E-state index in [2.05, 4.69) is 0 Å². The zero-order valence-electron chi connectivity index (χ0n) is 22.6. The zero-order valence-corrected chi connectivity index (χ0v) is 22.6. The van der Waals surface area contributed by atoms with E-state index in [4.69, 9.17) is 4.42 Å². The number of amides is 1. The molecule has 0 saturated carbocycles. The number of aliphatic carboxylic acids is 3. The Bertz CT molecular complexity index is 1830. The van der Waals surface area contributed by atoms with Crippen molar-refractivity contribution in [1.29, 1.82) is 0 Å². The van der Waals surface area contributed by atoms with E-state index >= 15 is 0 Å². The lowest BCUT2D eigenvalue weighted by Gasteiger charge is -2.24. The zero-order chi connectivity index (χ0) is 32.3. The van der Waals surface area contributed by atoms with E-state index in [0.717, 1.165) is 11.0 Å². The van der Waals surface area contributed by atoms with Gasteiger partial charge in [-0.05, 0) is 35.9 Å². The average molecular weight is 609 g/mol. The highest BCUT2D eigenvalue weighted by atomic mass is 16.4. The van der Waals surface area contributed by atoms with Gasteiger partial charge < -0.3 is 35.1 Å². The standard InChI is InChI=1S/C29H24N2O13/c32-20-7-5-16-25(14-3-1-2-4-15(14)28(40)41)17-6-8-21(33)19(10-31(29(42)43)13-24(38)39)27(17)44-26(16)18(20)9-30(11-22(34)35)12-23(36)37/h1-8,32H,9-13H2,(H,34,35)(H,36,37)(H,38,39)(H,40,41)(H,42,43). The predicted octanol–water partition coefficient (Wildman–Crippen LogP) is 2.50. The molecule has 0 radical (unpaired) electrons. The van der Waals surface area contributed by atoms with E-state index in [-0.39, 0.29) is 50.1 Å². The minimum atomic E-state index is -1.66. The van der Waals surface area contributed by atoms with E-state index in [1.165, 1.54) is 36.4 Å². The molecule has 2 aliphatic rings. The Hall–Kier alpha value is -5.96. The number of hydrogen-bond donors (Lipinski definition) is 6. The van der Waals surface area contributed by atoms with E-state index in [9.17, 15) is 59.4 Å². The maximum absolute atomic E-state index is 13.1. The molecule has 1 aliphatic carbocycles. The quantitative estimate of drug-likeness (QED) is 0.127. The lowest BCUT2D eigenvalue weighted by molar-refractivity contribution is -0.142. The number of fused-ring (bicyclic) bond motifs is 2. The van der Waals surface area contributed by atoms with Crippen molar-refractivity contribution in [2.75, 3.05) is 19.6 Å². The SMILES string of the molecule is O=C(O)CN(CC(=O)O)Cc1c(O)ccc2c(-c3ccccc3C(=O)O)c3ccc(=O)c(CN(CC(=O)O)C(=O)O)c-3oc12. The molecule has 1 aliphatic heterocycles. The molecule has 15 nitrogen and oxygen atoms in total. The van der Waals surface area contributed by atoms with Gasteiger partial charge in [0.05, 0.1) is 36.3 Å². The maximum Gasteiger partial charge on any atom is 0.408 e. The molecule has 6 N–H and O–H groups in total. The van der Waals surface area contributed by atoms with E-state index < -0.39 is 73.9 Å². The predicted molar refractivity (Wildman–Crippen MR) is 150 cm³/mol. The molecule has 2 aromatic carbocycles. The van der Waals surface area contributed by atoms with Crippen LogP contribution in [0.3, 0.4) is 0 Å². The number of carboxylic acid groups (broad SMARTS) is 5. The van der Waals surface area contributed by atoms with E-state index in [1.54, 1.807) is 6.07 Å². The molecule has 0 unspecified atom stereocenters. The highest BCUT2D eigenvalue weighted by Gasteiger charge is 2.29. The fourth-order valence-electron chi connectivity index (χ4n) is 4.90. The number of nitrogens with zero attached hydrogens (tertiary/aromatic N) is 2. The molecule has 1 heterocycles. The number of phenols is 1. The van der Waals surface area contributed by atoms with Crippen LogP contribution in [0.25, 0.3) is 33.4 Å². The van der Waals surface area contributed by atoms with Crippen molar-refractivity contribution in [3.05, 3.63) is 75.4 Å². The summed E-state index contributed by atoms with van der Waals surface area (Å²) in [7, 11) is 0. The van der Waals surface area contributed by atoms with Crippen molar-refractivity contribution < 1.29 is 59.0 Å². The number of carboxylic acids is 4. The van der Waals surface area contributed by atoms with Crippen LogP contribution in [0.4, 0.5) is 4.79 Å². The van der Waals surface area contributed by atoms with Crippen LogP contribution in [0, 0.1) is 0 Å². The first-order valence-electron chi connectivity index (χ1n) is 12.7. The van der Waals surface area contributed by atoms with Crippen LogP contribution in [-0.2, 0) is 27.5 Å². The maximum atomic E-state index is 13.1. The molecule has 4 rings (SSSR count). The minimum absolute atomic E-state index is 0.108. The Morgan fingerprint density at radius 3 is 1.93 bits per heavy atom. The summed E-state index contributed by atoms with van der Waals surface area (Å²) >= 11 is 0. The molecular formula is C29H24N2O13. The largest absolute Gasteiger partial charge is 0.507 e.